The molecule has 0 radical (unpaired) electrons. The molecule has 3 nitrogen and oxygen atoms in total. The number of ether oxygens (including phenoxy) is 1. The Bertz CT molecular complexity index is 476. The number of hydrogen-bond donors (Lipinski definition) is 1. The van der Waals surface area contributed by atoms with Gasteiger partial charge >= 0.3 is 0 Å². The quantitative estimate of drug-likeness (QED) is 0.823. The monoisotopic (exact) mass is 274 g/mol. The van der Waals surface area contributed by atoms with Crippen LogP contribution in [0.15, 0.2) is 18.2 Å². The van der Waals surface area contributed by atoms with E-state index in [0.717, 1.165) is 17.9 Å². The molecule has 0 aliphatic rings. The third kappa shape index (κ3) is 4.54. The van der Waals surface area contributed by atoms with Crippen molar-refractivity contribution < 1.29 is 4.74 Å². The summed E-state index contributed by atoms with van der Waals surface area (Å²) in [7, 11) is 0. The van der Waals surface area contributed by atoms with Crippen LogP contribution < -0.4 is 10.1 Å². The smallest absolute Gasteiger partial charge is 0.122 e. The minimum absolute atomic E-state index is 0.490. The highest BCUT2D eigenvalue weighted by atomic mass is 16.5. The SMILES string of the molecule is CCNC(C)(C#N)CCOc1cc(C(C)C)ccc1C. The molecule has 0 aliphatic heterocycles. The normalized spacial score (nSPS) is 13.8. The average Bonchev–Trinajstić information content (AvgIpc) is 2.41. The molecule has 0 aliphatic carbocycles. The van der Waals surface area contributed by atoms with Crippen molar-refractivity contribution in [2.24, 2.45) is 0 Å². The predicted octanol–water partition coefficient (Wildman–Crippen LogP) is 3.78. The fourth-order valence-corrected chi connectivity index (χ4v) is 2.07. The zero-order valence-electron chi connectivity index (χ0n) is 13.3. The lowest BCUT2D eigenvalue weighted by atomic mass is 10.00. The van der Waals surface area contributed by atoms with Crippen molar-refractivity contribution in [1.82, 2.24) is 5.32 Å². The van der Waals surface area contributed by atoms with E-state index in [1.54, 1.807) is 0 Å². The lowest BCUT2D eigenvalue weighted by Gasteiger charge is -2.22. The molecule has 0 fully saturated rings. The summed E-state index contributed by atoms with van der Waals surface area (Å²) < 4.78 is 5.88. The van der Waals surface area contributed by atoms with Gasteiger partial charge in [-0.15, -0.1) is 0 Å². The minimum Gasteiger partial charge on any atom is -0.493 e. The van der Waals surface area contributed by atoms with Crippen molar-refractivity contribution in [2.45, 2.75) is 52.5 Å². The van der Waals surface area contributed by atoms with Crippen molar-refractivity contribution in [2.75, 3.05) is 13.2 Å². The molecule has 0 spiro atoms. The van der Waals surface area contributed by atoms with Crippen LogP contribution in [0.2, 0.25) is 0 Å². The summed E-state index contributed by atoms with van der Waals surface area (Å²) in [5.74, 6) is 1.41. The number of aryl methyl sites for hydroxylation is 1. The molecule has 0 amide bonds. The number of nitrogens with one attached hydrogen (secondary N) is 1. The second-order valence-electron chi connectivity index (χ2n) is 5.75. The average molecular weight is 274 g/mol. The van der Waals surface area contributed by atoms with Crippen molar-refractivity contribution in [3.63, 3.8) is 0 Å². The van der Waals surface area contributed by atoms with E-state index >= 15 is 0 Å². The Kier molecular flexibility index (Phi) is 6.04. The number of rotatable bonds is 7. The lowest BCUT2D eigenvalue weighted by molar-refractivity contribution is 0.267. The fraction of sp³-hybridized carbons (Fsp3) is 0.588. The Hall–Kier alpha value is -1.53. The summed E-state index contributed by atoms with van der Waals surface area (Å²) in [6.45, 7) is 11.6. The summed E-state index contributed by atoms with van der Waals surface area (Å²) in [5.41, 5.74) is 1.90. The zero-order valence-corrected chi connectivity index (χ0v) is 13.3. The van der Waals surface area contributed by atoms with Gasteiger partial charge in [-0.25, -0.2) is 0 Å². The standard InChI is InChI=1S/C17H26N2O/c1-6-19-17(5,12-18)9-10-20-16-11-15(13(2)3)8-7-14(16)4/h7-8,11,13,19H,6,9-10H2,1-5H3. The fourth-order valence-electron chi connectivity index (χ4n) is 2.07. The van der Waals surface area contributed by atoms with Crippen molar-refractivity contribution in [1.29, 1.82) is 5.26 Å². The summed E-state index contributed by atoms with van der Waals surface area (Å²) >= 11 is 0. The maximum atomic E-state index is 9.22. The van der Waals surface area contributed by atoms with Gasteiger partial charge in [0.2, 0.25) is 0 Å². The van der Waals surface area contributed by atoms with Crippen LogP contribution in [0.4, 0.5) is 0 Å². The van der Waals surface area contributed by atoms with E-state index in [1.165, 1.54) is 5.56 Å². The molecule has 0 bridgehead atoms. The zero-order chi connectivity index (χ0) is 15.2. The van der Waals surface area contributed by atoms with E-state index in [4.69, 9.17) is 4.74 Å². The molecule has 3 heteroatoms. The van der Waals surface area contributed by atoms with Gasteiger partial charge in [0.25, 0.3) is 0 Å². The summed E-state index contributed by atoms with van der Waals surface area (Å²) in [5, 5.41) is 12.4. The number of benzene rings is 1. The van der Waals surface area contributed by atoms with Crippen LogP contribution in [0, 0.1) is 18.3 Å². The molecule has 1 N–H and O–H groups in total. The molecular weight excluding hydrogens is 248 g/mol. The van der Waals surface area contributed by atoms with Crippen LogP contribution >= 0.6 is 0 Å². The van der Waals surface area contributed by atoms with E-state index in [9.17, 15) is 5.26 Å². The molecule has 110 valence electrons. The van der Waals surface area contributed by atoms with E-state index in [1.807, 2.05) is 20.8 Å². The predicted molar refractivity (Wildman–Crippen MR) is 83.1 cm³/mol. The van der Waals surface area contributed by atoms with Crippen LogP contribution in [0.25, 0.3) is 0 Å². The highest BCUT2D eigenvalue weighted by Crippen LogP contribution is 2.24. The van der Waals surface area contributed by atoms with Crippen molar-refractivity contribution in [3.8, 4) is 11.8 Å². The van der Waals surface area contributed by atoms with E-state index in [-0.39, 0.29) is 0 Å². The molecule has 1 aromatic rings. The van der Waals surface area contributed by atoms with E-state index < -0.39 is 5.54 Å². The first-order valence-corrected chi connectivity index (χ1v) is 7.31. The third-order valence-corrected chi connectivity index (χ3v) is 3.55. The Morgan fingerprint density at radius 2 is 2.10 bits per heavy atom. The van der Waals surface area contributed by atoms with Crippen LogP contribution in [0.5, 0.6) is 5.75 Å². The van der Waals surface area contributed by atoms with E-state index in [2.05, 4.69) is 43.4 Å². The van der Waals surface area contributed by atoms with Gasteiger partial charge in [0.1, 0.15) is 11.3 Å². The highest BCUT2D eigenvalue weighted by molar-refractivity contribution is 5.37. The summed E-state index contributed by atoms with van der Waals surface area (Å²) in [6.07, 6.45) is 0.669. The molecule has 1 aromatic carbocycles. The van der Waals surface area contributed by atoms with Gasteiger partial charge in [0.05, 0.1) is 12.7 Å². The molecule has 0 heterocycles. The first-order chi connectivity index (χ1) is 9.41. The molecular formula is C17H26N2O. The summed E-state index contributed by atoms with van der Waals surface area (Å²) in [6, 6.07) is 8.67. The number of hydrogen-bond acceptors (Lipinski definition) is 3. The van der Waals surface area contributed by atoms with Gasteiger partial charge in [-0.05, 0) is 43.5 Å². The van der Waals surface area contributed by atoms with Crippen LogP contribution in [0.1, 0.15) is 51.2 Å². The van der Waals surface area contributed by atoms with Crippen molar-refractivity contribution in [3.05, 3.63) is 29.3 Å². The molecule has 1 rings (SSSR count). The first kappa shape index (κ1) is 16.5. The van der Waals surface area contributed by atoms with Gasteiger partial charge < -0.3 is 4.74 Å². The van der Waals surface area contributed by atoms with Gasteiger partial charge in [0.15, 0.2) is 0 Å². The number of nitrogens with zero attached hydrogens (tertiary/aromatic N) is 1. The molecule has 0 aromatic heterocycles. The molecule has 1 atom stereocenters. The number of nitriles is 1. The molecule has 1 unspecified atom stereocenters. The van der Waals surface area contributed by atoms with Crippen molar-refractivity contribution >= 4 is 0 Å². The molecule has 20 heavy (non-hydrogen) atoms. The Morgan fingerprint density at radius 1 is 1.40 bits per heavy atom. The lowest BCUT2D eigenvalue weighted by Crippen LogP contribution is -2.42. The Balaban J connectivity index is 2.66. The summed E-state index contributed by atoms with van der Waals surface area (Å²) in [4.78, 5) is 0. The highest BCUT2D eigenvalue weighted by Gasteiger charge is 2.22. The van der Waals surface area contributed by atoms with Crippen LogP contribution in [-0.4, -0.2) is 18.7 Å². The largest absolute Gasteiger partial charge is 0.493 e. The Labute approximate surface area is 123 Å². The topological polar surface area (TPSA) is 45.0 Å². The van der Waals surface area contributed by atoms with Gasteiger partial charge in [-0.2, -0.15) is 5.26 Å². The van der Waals surface area contributed by atoms with Gasteiger partial charge in [-0.1, -0.05) is 32.9 Å². The van der Waals surface area contributed by atoms with Crippen LogP contribution in [-0.2, 0) is 0 Å². The molecule has 0 saturated carbocycles. The third-order valence-electron chi connectivity index (χ3n) is 3.55. The second kappa shape index (κ2) is 7.31. The first-order valence-electron chi connectivity index (χ1n) is 7.31. The van der Waals surface area contributed by atoms with Gasteiger partial charge in [-0.3, -0.25) is 5.32 Å². The Morgan fingerprint density at radius 3 is 2.65 bits per heavy atom. The maximum absolute atomic E-state index is 9.22. The van der Waals surface area contributed by atoms with Crippen LogP contribution in [0.3, 0.4) is 0 Å². The second-order valence-corrected chi connectivity index (χ2v) is 5.75. The minimum atomic E-state index is -0.516. The maximum Gasteiger partial charge on any atom is 0.122 e. The van der Waals surface area contributed by atoms with E-state index in [0.29, 0.717) is 18.9 Å². The molecule has 0 saturated heterocycles. The van der Waals surface area contributed by atoms with Gasteiger partial charge in [0, 0.05) is 6.42 Å².